The Balaban J connectivity index is 2.01. The fourth-order valence-electron chi connectivity index (χ4n) is 2.40. The summed E-state index contributed by atoms with van der Waals surface area (Å²) in [5.41, 5.74) is 0.0778. The Morgan fingerprint density at radius 2 is 1.89 bits per heavy atom. The fraction of sp³-hybridized carbons (Fsp3) is 0.556. The average Bonchev–Trinajstić information content (AvgIpc) is 2.66. The predicted octanol–water partition coefficient (Wildman–Crippen LogP) is 1.03. The van der Waals surface area contributed by atoms with E-state index in [1.54, 1.807) is 0 Å². The lowest BCUT2D eigenvalue weighted by molar-refractivity contribution is -0.125. The van der Waals surface area contributed by atoms with Crippen molar-refractivity contribution in [2.24, 2.45) is 5.92 Å². The number of hydrogen-bond donors (Lipinski definition) is 1. The van der Waals surface area contributed by atoms with E-state index in [1.165, 1.54) is 28.6 Å². The van der Waals surface area contributed by atoms with Crippen LogP contribution in [0.2, 0.25) is 0 Å². The largest absolute Gasteiger partial charge is 0.452 e. The summed E-state index contributed by atoms with van der Waals surface area (Å²) in [5.74, 6) is -0.894. The van der Waals surface area contributed by atoms with Crippen LogP contribution in [0.25, 0.3) is 0 Å². The second-order valence-electron chi connectivity index (χ2n) is 6.72. The minimum absolute atomic E-state index is 0.0109. The number of hydrogen-bond acceptors (Lipinski definition) is 6. The highest BCUT2D eigenvalue weighted by Gasteiger charge is 2.27. The van der Waals surface area contributed by atoms with Crippen LogP contribution in [0.15, 0.2) is 29.2 Å². The van der Waals surface area contributed by atoms with Crippen molar-refractivity contribution in [1.82, 2.24) is 9.62 Å². The quantitative estimate of drug-likeness (QED) is 0.688. The Morgan fingerprint density at radius 3 is 2.52 bits per heavy atom. The Bertz CT molecular complexity index is 772. The molecule has 1 aliphatic rings. The molecule has 150 valence electrons. The lowest BCUT2D eigenvalue weighted by Gasteiger charge is -2.26. The second-order valence-corrected chi connectivity index (χ2v) is 8.66. The lowest BCUT2D eigenvalue weighted by Crippen LogP contribution is -2.40. The molecule has 27 heavy (non-hydrogen) atoms. The number of esters is 1. The van der Waals surface area contributed by atoms with Gasteiger partial charge in [-0.2, -0.15) is 4.31 Å². The summed E-state index contributed by atoms with van der Waals surface area (Å²) in [6.45, 7) is 6.60. The zero-order chi connectivity index (χ0) is 20.0. The van der Waals surface area contributed by atoms with Gasteiger partial charge in [-0.1, -0.05) is 19.9 Å². The van der Waals surface area contributed by atoms with E-state index < -0.39 is 28.5 Å². The van der Waals surface area contributed by atoms with Crippen molar-refractivity contribution < 1.29 is 27.5 Å². The number of sulfonamides is 1. The number of rotatable bonds is 7. The number of nitrogens with zero attached hydrogens (tertiary/aromatic N) is 1. The zero-order valence-electron chi connectivity index (χ0n) is 15.8. The van der Waals surface area contributed by atoms with E-state index in [0.717, 1.165) is 0 Å². The van der Waals surface area contributed by atoms with Crippen LogP contribution in [0.1, 0.15) is 31.1 Å². The lowest BCUT2D eigenvalue weighted by atomic mass is 10.1. The second kappa shape index (κ2) is 9.29. The van der Waals surface area contributed by atoms with Gasteiger partial charge in [-0.25, -0.2) is 13.2 Å². The number of carbonyl (C=O) groups excluding carboxylic acids is 2. The summed E-state index contributed by atoms with van der Waals surface area (Å²) < 4.78 is 36.8. The van der Waals surface area contributed by atoms with Crippen LogP contribution in [-0.2, 0) is 24.3 Å². The van der Waals surface area contributed by atoms with Crippen molar-refractivity contribution >= 4 is 21.9 Å². The Morgan fingerprint density at radius 1 is 1.22 bits per heavy atom. The van der Waals surface area contributed by atoms with E-state index in [1.807, 2.05) is 20.8 Å². The van der Waals surface area contributed by atoms with Gasteiger partial charge >= 0.3 is 5.97 Å². The van der Waals surface area contributed by atoms with Gasteiger partial charge in [0.15, 0.2) is 6.61 Å². The van der Waals surface area contributed by atoms with E-state index >= 15 is 0 Å². The third kappa shape index (κ3) is 5.75. The Labute approximate surface area is 159 Å². The first-order valence-corrected chi connectivity index (χ1v) is 10.3. The van der Waals surface area contributed by atoms with Gasteiger partial charge in [-0.05, 0) is 31.0 Å². The average molecular weight is 398 g/mol. The molecule has 1 aromatic carbocycles. The monoisotopic (exact) mass is 398 g/mol. The maximum atomic E-state index is 12.7. The number of nitrogens with one attached hydrogen (secondary N) is 1. The van der Waals surface area contributed by atoms with Crippen LogP contribution in [0.3, 0.4) is 0 Å². The number of benzene rings is 1. The van der Waals surface area contributed by atoms with Gasteiger partial charge in [0.05, 0.1) is 23.7 Å². The highest BCUT2D eigenvalue weighted by molar-refractivity contribution is 7.89. The third-order valence-corrected chi connectivity index (χ3v) is 6.30. The van der Waals surface area contributed by atoms with Crippen LogP contribution in [0, 0.1) is 5.92 Å². The van der Waals surface area contributed by atoms with Gasteiger partial charge in [-0.15, -0.1) is 0 Å². The van der Waals surface area contributed by atoms with Gasteiger partial charge in [0.1, 0.15) is 0 Å². The van der Waals surface area contributed by atoms with Crippen LogP contribution in [0.4, 0.5) is 0 Å². The minimum Gasteiger partial charge on any atom is -0.452 e. The minimum atomic E-state index is -3.71. The van der Waals surface area contributed by atoms with Crippen LogP contribution < -0.4 is 5.32 Å². The molecule has 2 rings (SSSR count). The maximum Gasteiger partial charge on any atom is 0.338 e. The molecule has 0 aliphatic carbocycles. The van der Waals surface area contributed by atoms with Gasteiger partial charge in [0.25, 0.3) is 5.91 Å². The smallest absolute Gasteiger partial charge is 0.338 e. The van der Waals surface area contributed by atoms with E-state index in [2.05, 4.69) is 5.32 Å². The van der Waals surface area contributed by atoms with E-state index in [-0.39, 0.29) is 35.5 Å². The zero-order valence-corrected chi connectivity index (χ0v) is 16.6. The summed E-state index contributed by atoms with van der Waals surface area (Å²) in [7, 11) is -3.71. The number of amides is 1. The Hall–Kier alpha value is -1.97. The normalized spacial score (nSPS) is 16.7. The first kappa shape index (κ1) is 21.3. The fourth-order valence-corrected chi connectivity index (χ4v) is 3.85. The molecule has 9 heteroatoms. The number of ether oxygens (including phenoxy) is 2. The van der Waals surface area contributed by atoms with Crippen molar-refractivity contribution in [1.29, 1.82) is 0 Å². The molecule has 0 aromatic heterocycles. The summed E-state index contributed by atoms with van der Waals surface area (Å²) in [6.07, 6.45) is 0. The van der Waals surface area contributed by atoms with Gasteiger partial charge in [-0.3, -0.25) is 4.79 Å². The first-order chi connectivity index (χ1) is 12.7. The van der Waals surface area contributed by atoms with Gasteiger partial charge < -0.3 is 14.8 Å². The molecule has 1 N–H and O–H groups in total. The maximum absolute atomic E-state index is 12.7. The summed E-state index contributed by atoms with van der Waals surface area (Å²) in [4.78, 5) is 24.0. The molecule has 1 unspecified atom stereocenters. The van der Waals surface area contributed by atoms with Gasteiger partial charge in [0, 0.05) is 19.1 Å². The molecule has 1 heterocycles. The predicted molar refractivity (Wildman–Crippen MR) is 98.7 cm³/mol. The molecule has 1 aliphatic heterocycles. The Kier molecular flexibility index (Phi) is 7.34. The number of morpholine rings is 1. The highest BCUT2D eigenvalue weighted by Crippen LogP contribution is 2.18. The van der Waals surface area contributed by atoms with Crippen molar-refractivity contribution in [2.75, 3.05) is 32.9 Å². The third-order valence-electron chi connectivity index (χ3n) is 4.40. The van der Waals surface area contributed by atoms with Crippen molar-refractivity contribution in [3.05, 3.63) is 29.8 Å². The molecular formula is C18H26N2O6S. The molecular weight excluding hydrogens is 372 g/mol. The summed E-state index contributed by atoms with van der Waals surface area (Å²) in [6, 6.07) is 5.58. The molecule has 0 spiro atoms. The SMILES string of the molecule is CC(C)C(C)NC(=O)COC(=O)c1cccc(S(=O)(=O)N2CCOCC2)c1. The van der Waals surface area contributed by atoms with Gasteiger partial charge in [0.2, 0.25) is 10.0 Å². The highest BCUT2D eigenvalue weighted by atomic mass is 32.2. The first-order valence-electron chi connectivity index (χ1n) is 8.86. The van der Waals surface area contributed by atoms with Crippen LogP contribution in [-0.4, -0.2) is 63.6 Å². The molecule has 0 saturated carbocycles. The summed E-state index contributed by atoms with van der Waals surface area (Å²) >= 11 is 0. The van der Waals surface area contributed by atoms with Crippen LogP contribution >= 0.6 is 0 Å². The molecule has 1 aromatic rings. The standard InChI is InChI=1S/C18H26N2O6S/c1-13(2)14(3)19-17(21)12-26-18(22)15-5-4-6-16(11-15)27(23,24)20-7-9-25-10-8-20/h4-6,11,13-14H,7-10,12H2,1-3H3,(H,19,21). The molecule has 1 saturated heterocycles. The molecule has 1 amide bonds. The topological polar surface area (TPSA) is 102 Å². The van der Waals surface area contributed by atoms with Crippen molar-refractivity contribution in [3.63, 3.8) is 0 Å². The molecule has 0 bridgehead atoms. The van der Waals surface area contributed by atoms with E-state index in [4.69, 9.17) is 9.47 Å². The van der Waals surface area contributed by atoms with Crippen molar-refractivity contribution in [3.8, 4) is 0 Å². The van der Waals surface area contributed by atoms with Crippen molar-refractivity contribution in [2.45, 2.75) is 31.7 Å². The van der Waals surface area contributed by atoms with Crippen LogP contribution in [0.5, 0.6) is 0 Å². The molecule has 8 nitrogen and oxygen atoms in total. The summed E-state index contributed by atoms with van der Waals surface area (Å²) in [5, 5.41) is 2.73. The molecule has 1 atom stereocenters. The molecule has 1 fully saturated rings. The van der Waals surface area contributed by atoms with E-state index in [9.17, 15) is 18.0 Å². The van der Waals surface area contributed by atoms with E-state index in [0.29, 0.717) is 13.2 Å². The molecule has 0 radical (unpaired) electrons. The number of carbonyl (C=O) groups is 2.